The molecule has 0 saturated heterocycles. The van der Waals surface area contributed by atoms with Gasteiger partial charge in [0.2, 0.25) is 0 Å². The topological polar surface area (TPSA) is 71.2 Å². The van der Waals surface area contributed by atoms with Crippen LogP contribution in [0, 0.1) is 6.92 Å². The van der Waals surface area contributed by atoms with E-state index in [2.05, 4.69) is 10.3 Å². The molecular formula is C9H15N3O. The Balaban J connectivity index is 2.50. The summed E-state index contributed by atoms with van der Waals surface area (Å²) in [6, 6.07) is 3.84. The van der Waals surface area contributed by atoms with Crippen LogP contribution in [0.2, 0.25) is 0 Å². The van der Waals surface area contributed by atoms with Crippen LogP contribution in [0.25, 0.3) is 0 Å². The van der Waals surface area contributed by atoms with Gasteiger partial charge in [-0.3, -0.25) is 0 Å². The van der Waals surface area contributed by atoms with Crippen LogP contribution in [0.1, 0.15) is 5.56 Å². The maximum Gasteiger partial charge on any atom is 0.128 e. The first kappa shape index (κ1) is 9.95. The second kappa shape index (κ2) is 4.79. The van der Waals surface area contributed by atoms with Crippen LogP contribution in [0.3, 0.4) is 0 Å². The molecule has 0 spiro atoms. The van der Waals surface area contributed by atoms with Crippen LogP contribution in [-0.2, 0) is 0 Å². The molecule has 0 bridgehead atoms. The highest BCUT2D eigenvalue weighted by Gasteiger charge is 2.02. The van der Waals surface area contributed by atoms with E-state index in [1.807, 2.05) is 19.1 Å². The minimum atomic E-state index is -0.513. The number of hydrogen-bond acceptors (Lipinski definition) is 4. The molecule has 0 aromatic carbocycles. The smallest absolute Gasteiger partial charge is 0.128 e. The van der Waals surface area contributed by atoms with Crippen molar-refractivity contribution >= 4 is 5.82 Å². The summed E-state index contributed by atoms with van der Waals surface area (Å²) in [7, 11) is 0. The quantitative estimate of drug-likeness (QED) is 0.617. The van der Waals surface area contributed by atoms with Crippen LogP contribution in [-0.4, -0.2) is 29.3 Å². The number of nitrogens with zero attached hydrogens (tertiary/aromatic N) is 1. The standard InChI is InChI=1S/C9H15N3O/c1-7-3-2-4-11-9(7)12-6-8(13)5-10/h2-4,8,13H,5-6,10H2,1H3,(H,11,12). The van der Waals surface area contributed by atoms with Gasteiger partial charge in [-0.1, -0.05) is 6.07 Å². The van der Waals surface area contributed by atoms with Crippen molar-refractivity contribution in [3.8, 4) is 0 Å². The summed E-state index contributed by atoms with van der Waals surface area (Å²) in [5, 5.41) is 12.2. The molecule has 1 heterocycles. The van der Waals surface area contributed by atoms with Crippen LogP contribution in [0.15, 0.2) is 18.3 Å². The van der Waals surface area contributed by atoms with Gasteiger partial charge in [-0.25, -0.2) is 4.98 Å². The van der Waals surface area contributed by atoms with Gasteiger partial charge in [0.15, 0.2) is 0 Å². The number of hydrogen-bond donors (Lipinski definition) is 3. The van der Waals surface area contributed by atoms with E-state index in [4.69, 9.17) is 5.73 Å². The molecule has 4 heteroatoms. The first-order valence-corrected chi connectivity index (χ1v) is 4.27. The van der Waals surface area contributed by atoms with Gasteiger partial charge in [0.05, 0.1) is 6.10 Å². The Bertz CT molecular complexity index is 265. The van der Waals surface area contributed by atoms with Gasteiger partial charge in [0.25, 0.3) is 0 Å². The third-order valence-corrected chi connectivity index (χ3v) is 1.79. The molecule has 0 fully saturated rings. The highest BCUT2D eigenvalue weighted by Crippen LogP contribution is 2.08. The lowest BCUT2D eigenvalue weighted by atomic mass is 10.3. The Labute approximate surface area is 77.8 Å². The molecule has 13 heavy (non-hydrogen) atoms. The molecule has 0 amide bonds. The van der Waals surface area contributed by atoms with Crippen molar-refractivity contribution in [3.05, 3.63) is 23.9 Å². The number of aliphatic hydroxyl groups excluding tert-OH is 1. The molecular weight excluding hydrogens is 166 g/mol. The van der Waals surface area contributed by atoms with Crippen molar-refractivity contribution in [1.29, 1.82) is 0 Å². The second-order valence-corrected chi connectivity index (χ2v) is 2.94. The number of rotatable bonds is 4. The Hall–Kier alpha value is -1.13. The number of aromatic nitrogens is 1. The number of aryl methyl sites for hydroxylation is 1. The van der Waals surface area contributed by atoms with E-state index in [-0.39, 0.29) is 6.54 Å². The molecule has 1 rings (SSSR count). The molecule has 1 aromatic rings. The average molecular weight is 181 g/mol. The lowest BCUT2D eigenvalue weighted by Crippen LogP contribution is -2.28. The third kappa shape index (κ3) is 3.01. The largest absolute Gasteiger partial charge is 0.390 e. The number of nitrogens with one attached hydrogen (secondary N) is 1. The van der Waals surface area contributed by atoms with Gasteiger partial charge in [-0.2, -0.15) is 0 Å². The SMILES string of the molecule is Cc1cccnc1NCC(O)CN. The predicted molar refractivity (Wildman–Crippen MR) is 52.5 cm³/mol. The third-order valence-electron chi connectivity index (χ3n) is 1.79. The maximum atomic E-state index is 9.19. The fourth-order valence-electron chi connectivity index (χ4n) is 0.969. The summed E-state index contributed by atoms with van der Waals surface area (Å²) < 4.78 is 0. The van der Waals surface area contributed by atoms with Crippen LogP contribution < -0.4 is 11.1 Å². The van der Waals surface area contributed by atoms with Gasteiger partial charge in [0, 0.05) is 19.3 Å². The molecule has 0 aliphatic heterocycles. The van der Waals surface area contributed by atoms with Crippen molar-refractivity contribution < 1.29 is 5.11 Å². The second-order valence-electron chi connectivity index (χ2n) is 2.94. The minimum Gasteiger partial charge on any atom is -0.390 e. The summed E-state index contributed by atoms with van der Waals surface area (Å²) >= 11 is 0. The van der Waals surface area contributed by atoms with Crippen molar-refractivity contribution in [2.45, 2.75) is 13.0 Å². The average Bonchev–Trinajstić information content (AvgIpc) is 2.16. The monoisotopic (exact) mass is 181 g/mol. The fraction of sp³-hybridized carbons (Fsp3) is 0.444. The molecule has 4 N–H and O–H groups in total. The van der Waals surface area contributed by atoms with Crippen molar-refractivity contribution in [3.63, 3.8) is 0 Å². The summed E-state index contributed by atoms with van der Waals surface area (Å²) in [5.74, 6) is 0.801. The molecule has 0 radical (unpaired) electrons. The van der Waals surface area contributed by atoms with Crippen LogP contribution in [0.4, 0.5) is 5.82 Å². The van der Waals surface area contributed by atoms with E-state index in [1.165, 1.54) is 0 Å². The molecule has 4 nitrogen and oxygen atoms in total. The highest BCUT2D eigenvalue weighted by atomic mass is 16.3. The molecule has 0 saturated carbocycles. The zero-order valence-corrected chi connectivity index (χ0v) is 7.70. The van der Waals surface area contributed by atoms with Gasteiger partial charge in [0.1, 0.15) is 5.82 Å². The summed E-state index contributed by atoms with van der Waals surface area (Å²) in [6.07, 6.45) is 1.20. The van der Waals surface area contributed by atoms with Crippen LogP contribution in [0.5, 0.6) is 0 Å². The molecule has 1 atom stereocenters. The minimum absolute atomic E-state index is 0.263. The predicted octanol–water partition coefficient (Wildman–Crippen LogP) is 0.122. The zero-order chi connectivity index (χ0) is 9.68. The molecule has 72 valence electrons. The number of anilines is 1. The molecule has 1 aromatic heterocycles. The Morgan fingerprint density at radius 1 is 1.69 bits per heavy atom. The molecule has 1 unspecified atom stereocenters. The van der Waals surface area contributed by atoms with Crippen molar-refractivity contribution in [1.82, 2.24) is 4.98 Å². The first-order chi connectivity index (χ1) is 6.24. The van der Waals surface area contributed by atoms with Crippen LogP contribution >= 0.6 is 0 Å². The maximum absolute atomic E-state index is 9.19. The van der Waals surface area contributed by atoms with Gasteiger partial charge in [-0.05, 0) is 18.6 Å². The van der Waals surface area contributed by atoms with Crippen molar-refractivity contribution in [2.24, 2.45) is 5.73 Å². The highest BCUT2D eigenvalue weighted by molar-refractivity contribution is 5.42. The summed E-state index contributed by atoms with van der Waals surface area (Å²) in [6.45, 7) is 2.66. The molecule has 0 aliphatic rings. The van der Waals surface area contributed by atoms with E-state index in [9.17, 15) is 5.11 Å². The van der Waals surface area contributed by atoms with E-state index >= 15 is 0 Å². The van der Waals surface area contributed by atoms with Gasteiger partial charge in [-0.15, -0.1) is 0 Å². The number of nitrogens with two attached hydrogens (primary N) is 1. The fourth-order valence-corrected chi connectivity index (χ4v) is 0.969. The first-order valence-electron chi connectivity index (χ1n) is 4.27. The summed E-state index contributed by atoms with van der Waals surface area (Å²) in [5.41, 5.74) is 6.33. The van der Waals surface area contributed by atoms with Gasteiger partial charge >= 0.3 is 0 Å². The zero-order valence-electron chi connectivity index (χ0n) is 7.70. The van der Waals surface area contributed by atoms with Crippen molar-refractivity contribution in [2.75, 3.05) is 18.4 Å². The Morgan fingerprint density at radius 3 is 3.08 bits per heavy atom. The number of pyridine rings is 1. The summed E-state index contributed by atoms with van der Waals surface area (Å²) in [4.78, 5) is 4.12. The van der Waals surface area contributed by atoms with Gasteiger partial charge < -0.3 is 16.2 Å². The lowest BCUT2D eigenvalue weighted by Gasteiger charge is -2.11. The van der Waals surface area contributed by atoms with E-state index in [0.29, 0.717) is 6.54 Å². The van der Waals surface area contributed by atoms with E-state index in [1.54, 1.807) is 6.20 Å². The number of aliphatic hydroxyl groups is 1. The Kier molecular flexibility index (Phi) is 3.67. The normalized spacial score (nSPS) is 12.5. The lowest BCUT2D eigenvalue weighted by molar-refractivity contribution is 0.196. The van der Waals surface area contributed by atoms with E-state index < -0.39 is 6.10 Å². The molecule has 0 aliphatic carbocycles. The Morgan fingerprint density at radius 2 is 2.46 bits per heavy atom. The van der Waals surface area contributed by atoms with E-state index in [0.717, 1.165) is 11.4 Å².